The van der Waals surface area contributed by atoms with E-state index in [0.717, 1.165) is 35.6 Å². The minimum Gasteiger partial charge on any atom is -0.344 e. The first kappa shape index (κ1) is 13.8. The van der Waals surface area contributed by atoms with Gasteiger partial charge in [-0.15, -0.1) is 0 Å². The van der Waals surface area contributed by atoms with E-state index in [9.17, 15) is 4.79 Å². The molecule has 1 saturated carbocycles. The molecule has 2 aromatic heterocycles. The Hall–Kier alpha value is -2.18. The molecule has 0 radical (unpaired) electrons. The van der Waals surface area contributed by atoms with E-state index in [-0.39, 0.29) is 11.9 Å². The Morgan fingerprint density at radius 2 is 2.24 bits per heavy atom. The van der Waals surface area contributed by atoms with Gasteiger partial charge in [-0.1, -0.05) is 5.16 Å². The number of amides is 1. The molecule has 0 aromatic carbocycles. The standard InChI is InChI=1S/C14H19N5O2/c1-7-11(8(2)18-17-7)6-12(20)15-9(3)14-16-13(19-21-14)10-4-5-10/h9-10H,4-6H2,1-3H3,(H,15,20)(H,17,18). The molecule has 1 atom stereocenters. The van der Waals surface area contributed by atoms with E-state index in [4.69, 9.17) is 4.52 Å². The van der Waals surface area contributed by atoms with Crippen LogP contribution in [0.15, 0.2) is 4.52 Å². The molecule has 1 fully saturated rings. The van der Waals surface area contributed by atoms with Crippen molar-refractivity contribution >= 4 is 5.91 Å². The van der Waals surface area contributed by atoms with Crippen LogP contribution in [0, 0.1) is 13.8 Å². The van der Waals surface area contributed by atoms with E-state index in [2.05, 4.69) is 25.7 Å². The van der Waals surface area contributed by atoms with E-state index in [1.807, 2.05) is 20.8 Å². The predicted octanol–water partition coefficient (Wildman–Crippen LogP) is 1.71. The van der Waals surface area contributed by atoms with Crippen molar-refractivity contribution in [3.63, 3.8) is 0 Å². The highest BCUT2D eigenvalue weighted by atomic mass is 16.5. The first-order valence-corrected chi connectivity index (χ1v) is 7.18. The molecule has 3 rings (SSSR count). The van der Waals surface area contributed by atoms with Crippen molar-refractivity contribution in [2.24, 2.45) is 0 Å². The number of aryl methyl sites for hydroxylation is 2. The molecule has 0 saturated heterocycles. The molecule has 2 aromatic rings. The van der Waals surface area contributed by atoms with Gasteiger partial charge < -0.3 is 9.84 Å². The highest BCUT2D eigenvalue weighted by Gasteiger charge is 2.29. The van der Waals surface area contributed by atoms with E-state index in [1.54, 1.807) is 0 Å². The maximum atomic E-state index is 12.1. The van der Waals surface area contributed by atoms with Gasteiger partial charge in [-0.05, 0) is 33.6 Å². The fourth-order valence-electron chi connectivity index (χ4n) is 2.28. The third-order valence-corrected chi connectivity index (χ3v) is 3.77. The van der Waals surface area contributed by atoms with Gasteiger partial charge in [0.2, 0.25) is 11.8 Å². The Balaban J connectivity index is 1.60. The summed E-state index contributed by atoms with van der Waals surface area (Å²) in [7, 11) is 0. The second kappa shape index (κ2) is 5.31. The molecule has 7 nitrogen and oxygen atoms in total. The van der Waals surface area contributed by atoms with Gasteiger partial charge >= 0.3 is 0 Å². The smallest absolute Gasteiger partial charge is 0.248 e. The maximum absolute atomic E-state index is 12.1. The summed E-state index contributed by atoms with van der Waals surface area (Å²) in [5.41, 5.74) is 2.71. The van der Waals surface area contributed by atoms with Crippen LogP contribution >= 0.6 is 0 Å². The number of nitrogens with zero attached hydrogens (tertiary/aromatic N) is 3. The number of nitrogens with one attached hydrogen (secondary N) is 2. The molecule has 1 aliphatic carbocycles. The van der Waals surface area contributed by atoms with Gasteiger partial charge in [-0.25, -0.2) is 0 Å². The highest BCUT2D eigenvalue weighted by Crippen LogP contribution is 2.38. The highest BCUT2D eigenvalue weighted by molar-refractivity contribution is 5.79. The predicted molar refractivity (Wildman–Crippen MR) is 74.6 cm³/mol. The minimum absolute atomic E-state index is 0.0822. The van der Waals surface area contributed by atoms with Crippen LogP contribution in [-0.2, 0) is 11.2 Å². The molecule has 0 aliphatic heterocycles. The number of H-pyrrole nitrogens is 1. The molecule has 1 amide bonds. The van der Waals surface area contributed by atoms with Gasteiger partial charge in [-0.2, -0.15) is 10.1 Å². The largest absolute Gasteiger partial charge is 0.344 e. The summed E-state index contributed by atoms with van der Waals surface area (Å²) in [4.78, 5) is 16.5. The van der Waals surface area contributed by atoms with Crippen LogP contribution in [0.5, 0.6) is 0 Å². The molecule has 0 bridgehead atoms. The summed E-state index contributed by atoms with van der Waals surface area (Å²) < 4.78 is 5.22. The van der Waals surface area contributed by atoms with Crippen LogP contribution in [0.3, 0.4) is 0 Å². The lowest BCUT2D eigenvalue weighted by molar-refractivity contribution is -0.121. The third kappa shape index (κ3) is 2.96. The van der Waals surface area contributed by atoms with Crippen LogP contribution in [0.2, 0.25) is 0 Å². The van der Waals surface area contributed by atoms with Crippen molar-refractivity contribution in [3.05, 3.63) is 28.7 Å². The number of carbonyl (C=O) groups excluding carboxylic acids is 1. The van der Waals surface area contributed by atoms with E-state index < -0.39 is 0 Å². The van der Waals surface area contributed by atoms with Crippen molar-refractivity contribution in [2.45, 2.75) is 52.0 Å². The summed E-state index contributed by atoms with van der Waals surface area (Å²) in [6.45, 7) is 5.64. The number of hydrogen-bond donors (Lipinski definition) is 2. The molecule has 2 heterocycles. The van der Waals surface area contributed by atoms with Crippen LogP contribution < -0.4 is 5.32 Å². The van der Waals surface area contributed by atoms with E-state index in [0.29, 0.717) is 18.2 Å². The fraction of sp³-hybridized carbons (Fsp3) is 0.571. The van der Waals surface area contributed by atoms with Crippen LogP contribution in [0.4, 0.5) is 0 Å². The Kier molecular flexibility index (Phi) is 3.48. The lowest BCUT2D eigenvalue weighted by Gasteiger charge is -2.09. The van der Waals surface area contributed by atoms with Crippen LogP contribution in [0.1, 0.15) is 60.4 Å². The van der Waals surface area contributed by atoms with E-state index >= 15 is 0 Å². The molecule has 1 aliphatic rings. The summed E-state index contributed by atoms with van der Waals surface area (Å²) >= 11 is 0. The molecular formula is C14H19N5O2. The SMILES string of the molecule is Cc1n[nH]c(C)c1CC(=O)NC(C)c1nc(C2CC2)no1. The van der Waals surface area contributed by atoms with Gasteiger partial charge in [0.25, 0.3) is 0 Å². The summed E-state index contributed by atoms with van der Waals surface area (Å²) in [6.07, 6.45) is 2.54. The molecular weight excluding hydrogens is 270 g/mol. The zero-order chi connectivity index (χ0) is 15.0. The van der Waals surface area contributed by atoms with Gasteiger partial charge in [0.15, 0.2) is 5.82 Å². The van der Waals surface area contributed by atoms with Crippen molar-refractivity contribution in [3.8, 4) is 0 Å². The number of rotatable bonds is 5. The number of hydrogen-bond acceptors (Lipinski definition) is 5. The zero-order valence-corrected chi connectivity index (χ0v) is 12.4. The monoisotopic (exact) mass is 289 g/mol. The molecule has 2 N–H and O–H groups in total. The lowest BCUT2D eigenvalue weighted by Crippen LogP contribution is -2.28. The van der Waals surface area contributed by atoms with Gasteiger partial charge in [0.1, 0.15) is 6.04 Å². The van der Waals surface area contributed by atoms with Gasteiger partial charge in [0.05, 0.1) is 12.1 Å². The summed E-state index contributed by atoms with van der Waals surface area (Å²) in [6, 6.07) is -0.287. The Morgan fingerprint density at radius 3 is 2.86 bits per heavy atom. The summed E-state index contributed by atoms with van der Waals surface area (Å²) in [5.74, 6) is 1.58. The fourth-order valence-corrected chi connectivity index (χ4v) is 2.28. The van der Waals surface area contributed by atoms with Gasteiger partial charge in [-0.3, -0.25) is 9.89 Å². The third-order valence-electron chi connectivity index (χ3n) is 3.77. The second-order valence-corrected chi connectivity index (χ2v) is 5.64. The van der Waals surface area contributed by atoms with E-state index in [1.165, 1.54) is 0 Å². The van der Waals surface area contributed by atoms with Crippen molar-refractivity contribution in [1.82, 2.24) is 25.7 Å². The van der Waals surface area contributed by atoms with Crippen molar-refractivity contribution < 1.29 is 9.32 Å². The Labute approximate surface area is 122 Å². The number of aromatic amines is 1. The Bertz CT molecular complexity index is 637. The average Bonchev–Trinajstić information content (AvgIpc) is 3.10. The molecule has 21 heavy (non-hydrogen) atoms. The quantitative estimate of drug-likeness (QED) is 0.873. The average molecular weight is 289 g/mol. The maximum Gasteiger partial charge on any atom is 0.248 e. The molecule has 0 spiro atoms. The van der Waals surface area contributed by atoms with Crippen molar-refractivity contribution in [2.75, 3.05) is 0 Å². The lowest BCUT2D eigenvalue weighted by atomic mass is 10.1. The second-order valence-electron chi connectivity index (χ2n) is 5.64. The normalized spacial score (nSPS) is 16.0. The topological polar surface area (TPSA) is 96.7 Å². The number of carbonyl (C=O) groups is 1. The van der Waals surface area contributed by atoms with Crippen LogP contribution in [-0.4, -0.2) is 26.2 Å². The molecule has 112 valence electrons. The first-order chi connectivity index (χ1) is 10.0. The zero-order valence-electron chi connectivity index (χ0n) is 12.4. The Morgan fingerprint density at radius 1 is 1.48 bits per heavy atom. The van der Waals surface area contributed by atoms with Crippen molar-refractivity contribution in [1.29, 1.82) is 0 Å². The molecule has 1 unspecified atom stereocenters. The number of aromatic nitrogens is 4. The minimum atomic E-state index is -0.287. The first-order valence-electron chi connectivity index (χ1n) is 7.18. The van der Waals surface area contributed by atoms with Gasteiger partial charge in [0, 0.05) is 17.2 Å². The summed E-state index contributed by atoms with van der Waals surface area (Å²) in [5, 5.41) is 13.8. The van der Waals surface area contributed by atoms with Crippen LogP contribution in [0.25, 0.3) is 0 Å². The molecule has 7 heteroatoms.